The Morgan fingerprint density at radius 2 is 2.00 bits per heavy atom. The predicted molar refractivity (Wildman–Crippen MR) is 67.5 cm³/mol. The van der Waals surface area contributed by atoms with Gasteiger partial charge in [-0.1, -0.05) is 18.2 Å². The van der Waals surface area contributed by atoms with Crippen LogP contribution in [0.3, 0.4) is 0 Å². The first-order valence-electron chi connectivity index (χ1n) is 5.73. The molecule has 0 bridgehead atoms. The van der Waals surface area contributed by atoms with Gasteiger partial charge in [0.05, 0.1) is 6.54 Å². The van der Waals surface area contributed by atoms with Crippen molar-refractivity contribution in [2.45, 2.75) is 0 Å². The lowest BCUT2D eigenvalue weighted by molar-refractivity contribution is -0.133. The Morgan fingerprint density at radius 3 is 2.63 bits per heavy atom. The number of nitrogens with one attached hydrogen (secondary N) is 3. The maximum Gasteiger partial charge on any atom is 0.354 e. The van der Waals surface area contributed by atoms with E-state index in [1.807, 2.05) is 6.07 Å². The highest BCUT2D eigenvalue weighted by Gasteiger charge is 2.16. The number of carboxylic acid groups (broad SMARTS) is 1. The van der Waals surface area contributed by atoms with E-state index in [1.54, 1.807) is 29.3 Å². The molecule has 1 aliphatic heterocycles. The van der Waals surface area contributed by atoms with Crippen LogP contribution in [0.4, 0.5) is 0 Å². The van der Waals surface area contributed by atoms with Gasteiger partial charge in [-0.15, -0.1) is 5.53 Å². The van der Waals surface area contributed by atoms with Gasteiger partial charge in [-0.3, -0.25) is 15.2 Å². The summed E-state index contributed by atoms with van der Waals surface area (Å²) in [6.45, 7) is 0.841. The average molecular weight is 262 g/mol. The highest BCUT2D eigenvalue weighted by Crippen LogP contribution is 1.99. The molecule has 2 rings (SSSR count). The Kier molecular flexibility index (Phi) is 3.99. The molecular formula is C12H14N4O3. The quantitative estimate of drug-likeness (QED) is 0.580. The summed E-state index contributed by atoms with van der Waals surface area (Å²) in [5, 5.41) is 13.0. The molecule has 0 radical (unpaired) electrons. The third-order valence-corrected chi connectivity index (χ3v) is 2.52. The summed E-state index contributed by atoms with van der Waals surface area (Å²) in [6, 6.07) is 8.89. The largest absolute Gasteiger partial charge is 0.476 e. The van der Waals surface area contributed by atoms with Crippen molar-refractivity contribution in [3.05, 3.63) is 47.8 Å². The summed E-state index contributed by atoms with van der Waals surface area (Å²) in [5.41, 5.74) is 5.82. The minimum atomic E-state index is -1.04. The van der Waals surface area contributed by atoms with E-state index in [4.69, 9.17) is 5.11 Å². The molecule has 1 aromatic rings. The molecule has 0 atom stereocenters. The monoisotopic (exact) mass is 262 g/mol. The van der Waals surface area contributed by atoms with Crippen LogP contribution in [0.1, 0.15) is 10.4 Å². The first kappa shape index (κ1) is 12.9. The van der Waals surface area contributed by atoms with Gasteiger partial charge in [0, 0.05) is 18.3 Å². The molecule has 0 fully saturated rings. The third kappa shape index (κ3) is 3.46. The maximum atomic E-state index is 11.7. The molecule has 0 saturated heterocycles. The predicted octanol–water partition coefficient (Wildman–Crippen LogP) is -0.333. The Morgan fingerprint density at radius 1 is 1.26 bits per heavy atom. The highest BCUT2D eigenvalue weighted by molar-refractivity contribution is 5.94. The van der Waals surface area contributed by atoms with Gasteiger partial charge in [-0.05, 0) is 12.1 Å². The second-order valence-corrected chi connectivity index (χ2v) is 3.90. The zero-order chi connectivity index (χ0) is 13.7. The number of nitrogens with zero attached hydrogens (tertiary/aromatic N) is 1. The molecule has 7 heteroatoms. The Labute approximate surface area is 109 Å². The molecule has 1 aliphatic rings. The van der Waals surface area contributed by atoms with Gasteiger partial charge >= 0.3 is 5.97 Å². The van der Waals surface area contributed by atoms with Crippen molar-refractivity contribution >= 4 is 11.9 Å². The number of benzene rings is 1. The van der Waals surface area contributed by atoms with Crippen molar-refractivity contribution in [2.24, 2.45) is 0 Å². The van der Waals surface area contributed by atoms with Crippen molar-refractivity contribution in [1.29, 1.82) is 0 Å². The fourth-order valence-electron chi connectivity index (χ4n) is 1.56. The fraction of sp³-hybridized carbons (Fsp3) is 0.167. The van der Waals surface area contributed by atoms with E-state index >= 15 is 0 Å². The first-order chi connectivity index (χ1) is 9.16. The van der Waals surface area contributed by atoms with Crippen molar-refractivity contribution < 1.29 is 14.7 Å². The maximum absolute atomic E-state index is 11.7. The van der Waals surface area contributed by atoms with Gasteiger partial charge < -0.3 is 10.4 Å². The lowest BCUT2D eigenvalue weighted by Gasteiger charge is -2.15. The molecule has 0 aromatic heterocycles. The summed E-state index contributed by atoms with van der Waals surface area (Å²) < 4.78 is 0. The number of carbonyl (C=O) groups is 2. The Balaban J connectivity index is 1.76. The van der Waals surface area contributed by atoms with Crippen LogP contribution in [0.15, 0.2) is 42.2 Å². The number of amides is 1. The second-order valence-electron chi connectivity index (χ2n) is 3.90. The number of rotatable bonds is 5. The molecule has 1 amide bonds. The molecule has 1 aromatic carbocycles. The number of aliphatic carboxylic acids is 1. The number of carboxylic acids is 1. The van der Waals surface area contributed by atoms with Crippen LogP contribution >= 0.6 is 0 Å². The van der Waals surface area contributed by atoms with Crippen LogP contribution in [-0.2, 0) is 4.79 Å². The molecule has 100 valence electrons. The summed E-state index contributed by atoms with van der Waals surface area (Å²) >= 11 is 0. The van der Waals surface area contributed by atoms with Gasteiger partial charge in [-0.25, -0.2) is 4.79 Å². The number of hydrazine groups is 2. The Hall–Kier alpha value is -2.54. The van der Waals surface area contributed by atoms with Gasteiger partial charge in [0.2, 0.25) is 0 Å². The molecule has 0 saturated carbocycles. The van der Waals surface area contributed by atoms with Crippen molar-refractivity contribution in [2.75, 3.05) is 13.1 Å². The van der Waals surface area contributed by atoms with Crippen LogP contribution in [0.25, 0.3) is 0 Å². The van der Waals surface area contributed by atoms with E-state index < -0.39 is 5.97 Å². The van der Waals surface area contributed by atoms with E-state index in [0.717, 1.165) is 0 Å². The topological polar surface area (TPSA) is 93.7 Å². The molecule has 1 heterocycles. The molecule has 4 N–H and O–H groups in total. The number of hydrogen-bond acceptors (Lipinski definition) is 5. The van der Waals surface area contributed by atoms with Gasteiger partial charge in [0.15, 0.2) is 5.70 Å². The lowest BCUT2D eigenvalue weighted by atomic mass is 10.2. The summed E-state index contributed by atoms with van der Waals surface area (Å²) in [7, 11) is 0. The van der Waals surface area contributed by atoms with Crippen LogP contribution in [0, 0.1) is 0 Å². The lowest BCUT2D eigenvalue weighted by Crippen LogP contribution is -2.41. The second kappa shape index (κ2) is 5.87. The van der Waals surface area contributed by atoms with Gasteiger partial charge in [0.25, 0.3) is 5.91 Å². The minimum absolute atomic E-state index is 0.0642. The highest BCUT2D eigenvalue weighted by atomic mass is 16.4. The van der Waals surface area contributed by atoms with E-state index in [9.17, 15) is 9.59 Å². The normalized spacial score (nSPS) is 13.7. The van der Waals surface area contributed by atoms with Crippen LogP contribution in [0.2, 0.25) is 0 Å². The number of carbonyl (C=O) groups excluding carboxylic acids is 1. The summed E-state index contributed by atoms with van der Waals surface area (Å²) in [4.78, 5) is 22.4. The summed E-state index contributed by atoms with van der Waals surface area (Å²) in [6.07, 6.45) is 1.43. The molecule has 19 heavy (non-hydrogen) atoms. The smallest absolute Gasteiger partial charge is 0.354 e. The zero-order valence-electron chi connectivity index (χ0n) is 10.1. The third-order valence-electron chi connectivity index (χ3n) is 2.52. The summed E-state index contributed by atoms with van der Waals surface area (Å²) in [5.74, 6) is -1.20. The van der Waals surface area contributed by atoms with Gasteiger partial charge in [0.1, 0.15) is 0 Å². The average Bonchev–Trinajstić information content (AvgIpc) is 2.89. The zero-order valence-corrected chi connectivity index (χ0v) is 10.1. The van der Waals surface area contributed by atoms with Crippen molar-refractivity contribution in [3.63, 3.8) is 0 Å². The fourth-order valence-corrected chi connectivity index (χ4v) is 1.56. The van der Waals surface area contributed by atoms with E-state index in [2.05, 4.69) is 16.3 Å². The molecular weight excluding hydrogens is 248 g/mol. The number of hydrogen-bond donors (Lipinski definition) is 4. The van der Waals surface area contributed by atoms with E-state index in [1.165, 1.54) is 6.20 Å². The van der Waals surface area contributed by atoms with Crippen molar-refractivity contribution in [1.82, 2.24) is 21.3 Å². The molecule has 0 aliphatic carbocycles. The van der Waals surface area contributed by atoms with Crippen LogP contribution < -0.4 is 16.3 Å². The SMILES string of the molecule is O=C(O)C1=CN(CCNC(=O)c2ccccc2)NN1. The molecule has 0 unspecified atom stereocenters. The van der Waals surface area contributed by atoms with Crippen LogP contribution in [0.5, 0.6) is 0 Å². The minimum Gasteiger partial charge on any atom is -0.476 e. The van der Waals surface area contributed by atoms with Crippen LogP contribution in [-0.4, -0.2) is 35.1 Å². The van der Waals surface area contributed by atoms with Crippen molar-refractivity contribution in [3.8, 4) is 0 Å². The van der Waals surface area contributed by atoms with Gasteiger partial charge in [-0.2, -0.15) is 0 Å². The van der Waals surface area contributed by atoms with E-state index in [0.29, 0.717) is 18.7 Å². The van der Waals surface area contributed by atoms with E-state index in [-0.39, 0.29) is 11.6 Å². The molecule has 7 nitrogen and oxygen atoms in total. The standard InChI is InChI=1S/C12H14N4O3/c17-11(9-4-2-1-3-5-9)13-6-7-16-8-10(12(18)19)14-15-16/h1-5,8,14-15H,6-7H2,(H,13,17)(H,18,19). The Bertz CT molecular complexity index is 501. The first-order valence-corrected chi connectivity index (χ1v) is 5.73. The molecule has 0 spiro atoms.